The molecule has 1 aromatic rings. The van der Waals surface area contributed by atoms with Crippen molar-refractivity contribution in [2.24, 2.45) is 0 Å². The molecule has 1 heterocycles. The predicted molar refractivity (Wildman–Crippen MR) is 67.8 cm³/mol. The molecule has 20 heavy (non-hydrogen) atoms. The zero-order chi connectivity index (χ0) is 14.7. The number of alkyl halides is 2. The lowest BCUT2D eigenvalue weighted by molar-refractivity contribution is -0.115. The first-order valence-corrected chi connectivity index (χ1v) is 6.12. The molecule has 5 nitrogen and oxygen atoms in total. The van der Waals surface area contributed by atoms with Crippen molar-refractivity contribution in [2.75, 3.05) is 25.0 Å². The van der Waals surface area contributed by atoms with Crippen LogP contribution in [0.25, 0.3) is 0 Å². The third-order valence-corrected chi connectivity index (χ3v) is 3.00. The van der Waals surface area contributed by atoms with Crippen LogP contribution in [0.2, 0.25) is 0 Å². The molecule has 2 rings (SSSR count). The van der Waals surface area contributed by atoms with Crippen molar-refractivity contribution in [3.8, 4) is 0 Å². The average molecular weight is 284 g/mol. The molecular weight excluding hydrogens is 270 g/mol. The van der Waals surface area contributed by atoms with E-state index in [4.69, 9.17) is 5.11 Å². The first-order valence-electron chi connectivity index (χ1n) is 6.12. The summed E-state index contributed by atoms with van der Waals surface area (Å²) in [5, 5.41) is 11.4. The molecule has 0 bridgehead atoms. The van der Waals surface area contributed by atoms with Gasteiger partial charge in [0.05, 0.1) is 19.6 Å². The number of halogens is 2. The lowest BCUT2D eigenvalue weighted by Crippen LogP contribution is -2.37. The summed E-state index contributed by atoms with van der Waals surface area (Å²) in [6.45, 7) is -1.28. The van der Waals surface area contributed by atoms with Gasteiger partial charge in [-0.1, -0.05) is 6.07 Å². The molecule has 0 saturated carbocycles. The number of rotatable bonds is 5. The Labute approximate surface area is 114 Å². The van der Waals surface area contributed by atoms with Gasteiger partial charge in [0.2, 0.25) is 5.91 Å². The molecular formula is C13H14F2N2O3. The van der Waals surface area contributed by atoms with Crippen LogP contribution in [0.1, 0.15) is 15.9 Å². The monoisotopic (exact) mass is 284 g/mol. The van der Waals surface area contributed by atoms with Crippen molar-refractivity contribution in [1.82, 2.24) is 4.90 Å². The smallest absolute Gasteiger partial charge is 0.255 e. The minimum atomic E-state index is -2.67. The normalized spacial score (nSPS) is 13.3. The van der Waals surface area contributed by atoms with Crippen molar-refractivity contribution in [1.29, 1.82) is 0 Å². The second-order valence-electron chi connectivity index (χ2n) is 4.46. The largest absolute Gasteiger partial charge is 0.395 e. The van der Waals surface area contributed by atoms with E-state index >= 15 is 0 Å². The first kappa shape index (κ1) is 14.4. The van der Waals surface area contributed by atoms with Crippen LogP contribution in [-0.2, 0) is 11.2 Å². The molecule has 108 valence electrons. The lowest BCUT2D eigenvalue weighted by Gasteiger charge is -2.21. The number of nitrogens with one attached hydrogen (secondary N) is 1. The number of aliphatic hydroxyl groups excluding tert-OH is 1. The van der Waals surface area contributed by atoms with Crippen LogP contribution in [0, 0.1) is 0 Å². The molecule has 1 aliphatic heterocycles. The Balaban J connectivity index is 2.19. The van der Waals surface area contributed by atoms with Crippen molar-refractivity contribution in [3.05, 3.63) is 29.3 Å². The number of hydrogen-bond acceptors (Lipinski definition) is 3. The van der Waals surface area contributed by atoms with Gasteiger partial charge in [-0.15, -0.1) is 0 Å². The summed E-state index contributed by atoms with van der Waals surface area (Å²) in [7, 11) is 0. The highest BCUT2D eigenvalue weighted by Gasteiger charge is 2.23. The first-order chi connectivity index (χ1) is 9.51. The number of carbonyl (C=O) groups is 2. The Morgan fingerprint density at radius 1 is 1.45 bits per heavy atom. The fourth-order valence-electron chi connectivity index (χ4n) is 2.09. The van der Waals surface area contributed by atoms with Gasteiger partial charge in [0.15, 0.2) is 0 Å². The molecule has 0 aromatic heterocycles. The van der Waals surface area contributed by atoms with Crippen LogP contribution >= 0.6 is 0 Å². The zero-order valence-electron chi connectivity index (χ0n) is 10.6. The van der Waals surface area contributed by atoms with Crippen molar-refractivity contribution in [3.63, 3.8) is 0 Å². The molecule has 0 aliphatic carbocycles. The molecule has 7 heteroatoms. The maximum Gasteiger partial charge on any atom is 0.255 e. The molecule has 0 atom stereocenters. The Morgan fingerprint density at radius 2 is 2.20 bits per heavy atom. The summed E-state index contributed by atoms with van der Waals surface area (Å²) in [4.78, 5) is 24.2. The zero-order valence-corrected chi connectivity index (χ0v) is 10.6. The van der Waals surface area contributed by atoms with E-state index < -0.39 is 18.9 Å². The van der Waals surface area contributed by atoms with E-state index in [2.05, 4.69) is 5.32 Å². The van der Waals surface area contributed by atoms with E-state index in [9.17, 15) is 18.4 Å². The van der Waals surface area contributed by atoms with Gasteiger partial charge in [0.25, 0.3) is 12.3 Å². The topological polar surface area (TPSA) is 69.6 Å². The Morgan fingerprint density at radius 3 is 2.85 bits per heavy atom. The van der Waals surface area contributed by atoms with Gasteiger partial charge in [0, 0.05) is 17.8 Å². The van der Waals surface area contributed by atoms with Crippen LogP contribution in [0.5, 0.6) is 0 Å². The minimum absolute atomic E-state index is 0.160. The second-order valence-corrected chi connectivity index (χ2v) is 4.46. The maximum atomic E-state index is 12.4. The van der Waals surface area contributed by atoms with Gasteiger partial charge >= 0.3 is 0 Å². The van der Waals surface area contributed by atoms with E-state index in [0.717, 1.165) is 10.5 Å². The number of aliphatic hydroxyl groups is 1. The molecule has 0 fully saturated rings. The molecule has 2 N–H and O–H groups in total. The molecule has 1 aromatic carbocycles. The van der Waals surface area contributed by atoms with Crippen LogP contribution in [-0.4, -0.2) is 47.9 Å². The molecule has 0 unspecified atom stereocenters. The summed E-state index contributed by atoms with van der Waals surface area (Å²) in [5.74, 6) is -0.757. The average Bonchev–Trinajstić information content (AvgIpc) is 2.75. The number of anilines is 1. The van der Waals surface area contributed by atoms with Crippen LogP contribution in [0.4, 0.5) is 14.5 Å². The number of hydrogen-bond donors (Lipinski definition) is 2. The highest BCUT2D eigenvalue weighted by molar-refractivity contribution is 6.02. The van der Waals surface area contributed by atoms with E-state index in [1.54, 1.807) is 6.07 Å². The number of benzene rings is 1. The van der Waals surface area contributed by atoms with Crippen LogP contribution in [0.15, 0.2) is 18.2 Å². The summed E-state index contributed by atoms with van der Waals surface area (Å²) >= 11 is 0. The molecule has 1 aliphatic rings. The number of carbonyl (C=O) groups excluding carboxylic acids is 2. The van der Waals surface area contributed by atoms with Gasteiger partial charge in [-0.2, -0.15) is 0 Å². The van der Waals surface area contributed by atoms with E-state index in [1.807, 2.05) is 0 Å². The summed E-state index contributed by atoms with van der Waals surface area (Å²) in [6, 6.07) is 4.59. The number of fused-ring (bicyclic) bond motifs is 1. The van der Waals surface area contributed by atoms with Crippen molar-refractivity contribution < 1.29 is 23.5 Å². The number of nitrogens with zero attached hydrogens (tertiary/aromatic N) is 1. The van der Waals surface area contributed by atoms with Gasteiger partial charge in [0.1, 0.15) is 0 Å². The van der Waals surface area contributed by atoms with Gasteiger partial charge < -0.3 is 15.3 Å². The van der Waals surface area contributed by atoms with Crippen molar-refractivity contribution >= 4 is 17.5 Å². The van der Waals surface area contributed by atoms with Crippen LogP contribution in [0.3, 0.4) is 0 Å². The fourth-order valence-corrected chi connectivity index (χ4v) is 2.09. The maximum absolute atomic E-state index is 12.4. The van der Waals surface area contributed by atoms with Gasteiger partial charge in [-0.05, 0) is 17.7 Å². The molecule has 0 radical (unpaired) electrons. The van der Waals surface area contributed by atoms with Gasteiger partial charge in [-0.3, -0.25) is 9.59 Å². The minimum Gasteiger partial charge on any atom is -0.395 e. The third-order valence-electron chi connectivity index (χ3n) is 3.00. The van der Waals surface area contributed by atoms with E-state index in [-0.39, 0.29) is 31.0 Å². The van der Waals surface area contributed by atoms with E-state index in [0.29, 0.717) is 5.69 Å². The SMILES string of the molecule is O=C1Cc2ccc(C(=O)N(CCO)CC(F)F)cc2N1. The predicted octanol–water partition coefficient (Wildman–Crippen LogP) is 0.881. The fraction of sp³-hybridized carbons (Fsp3) is 0.385. The summed E-state index contributed by atoms with van der Waals surface area (Å²) in [5.41, 5.74) is 1.51. The van der Waals surface area contributed by atoms with Crippen molar-refractivity contribution in [2.45, 2.75) is 12.8 Å². The Kier molecular flexibility index (Phi) is 4.29. The third kappa shape index (κ3) is 3.11. The Hall–Kier alpha value is -2.02. The van der Waals surface area contributed by atoms with Gasteiger partial charge in [-0.25, -0.2) is 8.78 Å². The standard InChI is InChI=1S/C13H14F2N2O3/c14-11(15)7-17(3-4-18)13(20)9-2-1-8-6-12(19)16-10(8)5-9/h1-2,5,11,18H,3-4,6-7H2,(H,16,19). The molecule has 0 spiro atoms. The lowest BCUT2D eigenvalue weighted by atomic mass is 10.1. The second kappa shape index (κ2) is 5.96. The summed E-state index contributed by atoms with van der Waals surface area (Å²) in [6.07, 6.45) is -2.42. The highest BCUT2D eigenvalue weighted by Crippen LogP contribution is 2.24. The van der Waals surface area contributed by atoms with Crippen LogP contribution < -0.4 is 5.32 Å². The number of amides is 2. The molecule has 0 saturated heterocycles. The highest BCUT2D eigenvalue weighted by atomic mass is 19.3. The summed E-state index contributed by atoms with van der Waals surface area (Å²) < 4.78 is 24.8. The quantitative estimate of drug-likeness (QED) is 0.843. The van der Waals surface area contributed by atoms with E-state index in [1.165, 1.54) is 12.1 Å². The molecule has 2 amide bonds. The Bertz CT molecular complexity index is 534.